The molecule has 0 bridgehead atoms. The van der Waals surface area contributed by atoms with Crippen LogP contribution in [0.2, 0.25) is 0 Å². The second-order valence-electron chi connectivity index (χ2n) is 3.01. The van der Waals surface area contributed by atoms with Gasteiger partial charge in [0.2, 0.25) is 0 Å². The lowest BCUT2D eigenvalue weighted by atomic mass is 10.1. The summed E-state index contributed by atoms with van der Waals surface area (Å²) in [5, 5.41) is 0. The van der Waals surface area contributed by atoms with E-state index in [1.165, 1.54) is 7.11 Å². The van der Waals surface area contributed by atoms with Crippen LogP contribution in [0.25, 0.3) is 0 Å². The molecule has 0 aliphatic heterocycles. The monoisotopic (exact) mass is 209 g/mol. The van der Waals surface area contributed by atoms with Gasteiger partial charge in [-0.3, -0.25) is 4.79 Å². The number of carbonyl (C=O) groups excluding carboxylic acids is 1. The Morgan fingerprint density at radius 1 is 1.53 bits per heavy atom. The molecule has 0 aliphatic carbocycles. The average Bonchev–Trinajstić information content (AvgIpc) is 2.28. The molecule has 0 heterocycles. The Bertz CT molecular complexity index is 338. The molecule has 0 aliphatic rings. The SMILES string of the molecule is CCOc1cccc([C@H](N)C(=O)OC)c1. The van der Waals surface area contributed by atoms with Crippen molar-refractivity contribution in [3.05, 3.63) is 29.8 Å². The van der Waals surface area contributed by atoms with Crippen molar-refractivity contribution in [1.29, 1.82) is 0 Å². The van der Waals surface area contributed by atoms with Crippen LogP contribution in [0.5, 0.6) is 5.75 Å². The molecule has 0 aromatic heterocycles. The molecule has 4 nitrogen and oxygen atoms in total. The van der Waals surface area contributed by atoms with E-state index in [9.17, 15) is 4.79 Å². The van der Waals surface area contributed by atoms with Gasteiger partial charge in [0.25, 0.3) is 0 Å². The lowest BCUT2D eigenvalue weighted by molar-refractivity contribution is -0.142. The van der Waals surface area contributed by atoms with Crippen LogP contribution in [-0.2, 0) is 9.53 Å². The van der Waals surface area contributed by atoms with Crippen LogP contribution >= 0.6 is 0 Å². The van der Waals surface area contributed by atoms with E-state index in [4.69, 9.17) is 10.5 Å². The maximum absolute atomic E-state index is 11.2. The smallest absolute Gasteiger partial charge is 0.327 e. The largest absolute Gasteiger partial charge is 0.494 e. The molecule has 4 heteroatoms. The van der Waals surface area contributed by atoms with Crippen LogP contribution in [-0.4, -0.2) is 19.7 Å². The molecular weight excluding hydrogens is 194 g/mol. The third-order valence-corrected chi connectivity index (χ3v) is 1.98. The maximum Gasteiger partial charge on any atom is 0.327 e. The number of rotatable bonds is 4. The number of benzene rings is 1. The minimum Gasteiger partial charge on any atom is -0.494 e. The summed E-state index contributed by atoms with van der Waals surface area (Å²) in [5.74, 6) is 0.248. The zero-order valence-corrected chi connectivity index (χ0v) is 8.90. The Morgan fingerprint density at radius 2 is 2.27 bits per heavy atom. The Morgan fingerprint density at radius 3 is 2.87 bits per heavy atom. The molecule has 1 aromatic carbocycles. The van der Waals surface area contributed by atoms with Crippen molar-refractivity contribution in [2.75, 3.05) is 13.7 Å². The molecule has 0 amide bonds. The van der Waals surface area contributed by atoms with Crippen molar-refractivity contribution in [3.8, 4) is 5.75 Å². The van der Waals surface area contributed by atoms with Crippen LogP contribution in [0.1, 0.15) is 18.5 Å². The van der Waals surface area contributed by atoms with Gasteiger partial charge in [-0.15, -0.1) is 0 Å². The summed E-state index contributed by atoms with van der Waals surface area (Å²) in [6.45, 7) is 2.48. The van der Waals surface area contributed by atoms with Gasteiger partial charge in [0.15, 0.2) is 0 Å². The highest BCUT2D eigenvalue weighted by Crippen LogP contribution is 2.18. The number of hydrogen-bond donors (Lipinski definition) is 1. The molecule has 1 rings (SSSR count). The van der Waals surface area contributed by atoms with E-state index in [2.05, 4.69) is 4.74 Å². The van der Waals surface area contributed by atoms with Crippen LogP contribution in [0, 0.1) is 0 Å². The molecule has 0 saturated heterocycles. The first kappa shape index (κ1) is 11.5. The van der Waals surface area contributed by atoms with Crippen molar-refractivity contribution < 1.29 is 14.3 Å². The minimum atomic E-state index is -0.754. The van der Waals surface area contributed by atoms with Gasteiger partial charge in [-0.1, -0.05) is 12.1 Å². The number of esters is 1. The zero-order valence-electron chi connectivity index (χ0n) is 8.90. The number of nitrogens with two attached hydrogens (primary N) is 1. The van der Waals surface area contributed by atoms with Gasteiger partial charge < -0.3 is 15.2 Å². The summed E-state index contributed by atoms with van der Waals surface area (Å²) in [7, 11) is 1.31. The van der Waals surface area contributed by atoms with E-state index in [1.54, 1.807) is 18.2 Å². The molecule has 0 spiro atoms. The quantitative estimate of drug-likeness (QED) is 0.758. The number of methoxy groups -OCH3 is 1. The Kier molecular flexibility index (Phi) is 4.12. The van der Waals surface area contributed by atoms with Crippen molar-refractivity contribution in [3.63, 3.8) is 0 Å². The van der Waals surface area contributed by atoms with Gasteiger partial charge in [-0.2, -0.15) is 0 Å². The molecule has 2 N–H and O–H groups in total. The molecule has 1 atom stereocenters. The van der Waals surface area contributed by atoms with E-state index in [-0.39, 0.29) is 0 Å². The molecule has 82 valence electrons. The normalized spacial score (nSPS) is 11.9. The van der Waals surface area contributed by atoms with Gasteiger partial charge in [-0.25, -0.2) is 0 Å². The van der Waals surface area contributed by atoms with Gasteiger partial charge in [0, 0.05) is 0 Å². The third kappa shape index (κ3) is 2.95. The first-order valence-electron chi connectivity index (χ1n) is 4.75. The van der Waals surface area contributed by atoms with E-state index in [1.807, 2.05) is 13.0 Å². The Labute approximate surface area is 89.0 Å². The zero-order chi connectivity index (χ0) is 11.3. The topological polar surface area (TPSA) is 61.5 Å². The van der Waals surface area contributed by atoms with E-state index >= 15 is 0 Å². The fourth-order valence-electron chi connectivity index (χ4n) is 1.23. The van der Waals surface area contributed by atoms with Gasteiger partial charge >= 0.3 is 5.97 Å². The summed E-state index contributed by atoms with van der Waals surface area (Å²) in [4.78, 5) is 11.2. The Hall–Kier alpha value is -1.55. The van der Waals surface area contributed by atoms with Crippen molar-refractivity contribution in [1.82, 2.24) is 0 Å². The fraction of sp³-hybridized carbons (Fsp3) is 0.364. The highest BCUT2D eigenvalue weighted by Gasteiger charge is 2.16. The lowest BCUT2D eigenvalue weighted by Crippen LogP contribution is -2.22. The fourth-order valence-corrected chi connectivity index (χ4v) is 1.23. The lowest BCUT2D eigenvalue weighted by Gasteiger charge is -2.11. The second kappa shape index (κ2) is 5.36. The first-order valence-corrected chi connectivity index (χ1v) is 4.75. The molecule has 0 saturated carbocycles. The van der Waals surface area contributed by atoms with Crippen LogP contribution in [0.3, 0.4) is 0 Å². The number of ether oxygens (including phenoxy) is 2. The molecule has 0 radical (unpaired) electrons. The summed E-state index contributed by atoms with van der Waals surface area (Å²) in [5.41, 5.74) is 6.37. The number of hydrogen-bond acceptors (Lipinski definition) is 4. The van der Waals surface area contributed by atoms with E-state index < -0.39 is 12.0 Å². The highest BCUT2D eigenvalue weighted by molar-refractivity contribution is 5.77. The standard InChI is InChI=1S/C11H15NO3/c1-3-15-9-6-4-5-8(7-9)10(12)11(13)14-2/h4-7,10H,3,12H2,1-2H3/t10-/m0/s1. The van der Waals surface area contributed by atoms with Crippen molar-refractivity contribution >= 4 is 5.97 Å². The molecule has 15 heavy (non-hydrogen) atoms. The predicted octanol–water partition coefficient (Wildman–Crippen LogP) is 1.26. The minimum absolute atomic E-state index is 0.455. The summed E-state index contributed by atoms with van der Waals surface area (Å²) in [6, 6.07) is 6.37. The van der Waals surface area contributed by atoms with Crippen molar-refractivity contribution in [2.45, 2.75) is 13.0 Å². The summed E-state index contributed by atoms with van der Waals surface area (Å²) in [6.07, 6.45) is 0. The molecular formula is C11H15NO3. The van der Waals surface area contributed by atoms with E-state index in [0.29, 0.717) is 17.9 Å². The maximum atomic E-state index is 11.2. The summed E-state index contributed by atoms with van der Waals surface area (Å²) < 4.78 is 9.86. The first-order chi connectivity index (χ1) is 7.19. The van der Waals surface area contributed by atoms with Crippen LogP contribution in [0.4, 0.5) is 0 Å². The van der Waals surface area contributed by atoms with Crippen LogP contribution in [0.15, 0.2) is 24.3 Å². The van der Waals surface area contributed by atoms with E-state index in [0.717, 1.165) is 0 Å². The molecule has 1 aromatic rings. The highest BCUT2D eigenvalue weighted by atomic mass is 16.5. The number of carbonyl (C=O) groups is 1. The van der Waals surface area contributed by atoms with Gasteiger partial charge in [0.1, 0.15) is 11.8 Å². The predicted molar refractivity (Wildman–Crippen MR) is 56.6 cm³/mol. The Balaban J connectivity index is 2.84. The average molecular weight is 209 g/mol. The summed E-state index contributed by atoms with van der Waals surface area (Å²) >= 11 is 0. The van der Waals surface area contributed by atoms with Crippen molar-refractivity contribution in [2.24, 2.45) is 5.73 Å². The van der Waals surface area contributed by atoms with Crippen LogP contribution < -0.4 is 10.5 Å². The molecule has 0 fully saturated rings. The molecule has 0 unspecified atom stereocenters. The van der Waals surface area contributed by atoms with Gasteiger partial charge in [-0.05, 0) is 24.6 Å². The third-order valence-electron chi connectivity index (χ3n) is 1.98. The second-order valence-corrected chi connectivity index (χ2v) is 3.01. The van der Waals surface area contributed by atoms with Gasteiger partial charge in [0.05, 0.1) is 13.7 Å².